The third-order valence-electron chi connectivity index (χ3n) is 6.13. The SMILES string of the molecule is COC(=O)c1cc2n(n1)C[C@](C)(C(=O)NC1CCCC1)N(c1ccc(Cl)cc1C)C2=O. The molecule has 0 saturated heterocycles. The highest BCUT2D eigenvalue weighted by molar-refractivity contribution is 6.30. The molecule has 0 bridgehead atoms. The summed E-state index contributed by atoms with van der Waals surface area (Å²) < 4.78 is 6.17. The monoisotopic (exact) mass is 444 g/mol. The van der Waals surface area contributed by atoms with Crippen molar-refractivity contribution >= 4 is 35.1 Å². The number of hydrogen-bond donors (Lipinski definition) is 1. The number of ether oxygens (including phenoxy) is 1. The molecule has 4 rings (SSSR count). The Hall–Kier alpha value is -2.87. The minimum atomic E-state index is -1.25. The summed E-state index contributed by atoms with van der Waals surface area (Å²) in [6, 6.07) is 6.69. The zero-order valence-corrected chi connectivity index (χ0v) is 18.5. The average Bonchev–Trinajstić information content (AvgIpc) is 3.38. The Morgan fingerprint density at radius 3 is 2.61 bits per heavy atom. The van der Waals surface area contributed by atoms with Gasteiger partial charge in [0.2, 0.25) is 5.91 Å². The highest BCUT2D eigenvalue weighted by atomic mass is 35.5. The molecule has 0 unspecified atom stereocenters. The highest BCUT2D eigenvalue weighted by Crippen LogP contribution is 2.36. The van der Waals surface area contributed by atoms with E-state index in [9.17, 15) is 14.4 Å². The Bertz CT molecular complexity index is 1060. The maximum atomic E-state index is 13.6. The molecule has 2 aliphatic rings. The van der Waals surface area contributed by atoms with Gasteiger partial charge in [-0.3, -0.25) is 19.2 Å². The van der Waals surface area contributed by atoms with Gasteiger partial charge in [0.25, 0.3) is 5.91 Å². The molecular formula is C22H25ClN4O4. The zero-order chi connectivity index (χ0) is 22.3. The van der Waals surface area contributed by atoms with Gasteiger partial charge in [-0.2, -0.15) is 5.10 Å². The normalized spacial score (nSPS) is 21.2. The van der Waals surface area contributed by atoms with Crippen molar-refractivity contribution in [3.63, 3.8) is 0 Å². The molecule has 9 heteroatoms. The largest absolute Gasteiger partial charge is 0.464 e. The number of carbonyl (C=O) groups excluding carboxylic acids is 3. The number of amides is 2. The first-order valence-corrected chi connectivity index (χ1v) is 10.7. The van der Waals surface area contributed by atoms with E-state index < -0.39 is 17.4 Å². The second kappa shape index (κ2) is 8.00. The first kappa shape index (κ1) is 21.4. The third-order valence-corrected chi connectivity index (χ3v) is 6.36. The van der Waals surface area contributed by atoms with Crippen LogP contribution in [0.1, 0.15) is 59.1 Å². The molecule has 1 N–H and O–H groups in total. The number of carbonyl (C=O) groups is 3. The summed E-state index contributed by atoms with van der Waals surface area (Å²) in [5.74, 6) is -1.30. The van der Waals surface area contributed by atoms with Gasteiger partial charge in [0.15, 0.2) is 5.69 Å². The van der Waals surface area contributed by atoms with Crippen molar-refractivity contribution in [2.24, 2.45) is 0 Å². The summed E-state index contributed by atoms with van der Waals surface area (Å²) in [6.45, 7) is 3.67. The van der Waals surface area contributed by atoms with E-state index in [1.54, 1.807) is 25.1 Å². The molecule has 0 radical (unpaired) electrons. The van der Waals surface area contributed by atoms with Crippen molar-refractivity contribution in [3.8, 4) is 0 Å². The number of rotatable bonds is 4. The molecule has 164 valence electrons. The van der Waals surface area contributed by atoms with Gasteiger partial charge in [-0.05, 0) is 50.5 Å². The van der Waals surface area contributed by atoms with E-state index in [1.807, 2.05) is 6.92 Å². The summed E-state index contributed by atoms with van der Waals surface area (Å²) in [4.78, 5) is 40.7. The average molecular weight is 445 g/mol. The maximum Gasteiger partial charge on any atom is 0.358 e. The van der Waals surface area contributed by atoms with Crippen LogP contribution in [0.25, 0.3) is 0 Å². The van der Waals surface area contributed by atoms with Crippen LogP contribution in [0.15, 0.2) is 24.3 Å². The van der Waals surface area contributed by atoms with Crippen LogP contribution < -0.4 is 10.2 Å². The van der Waals surface area contributed by atoms with E-state index >= 15 is 0 Å². The van der Waals surface area contributed by atoms with Crippen LogP contribution in [-0.4, -0.2) is 46.3 Å². The number of hydrogen-bond acceptors (Lipinski definition) is 5. The molecule has 8 nitrogen and oxygen atoms in total. The fourth-order valence-corrected chi connectivity index (χ4v) is 4.67. The van der Waals surface area contributed by atoms with E-state index in [0.29, 0.717) is 10.7 Å². The highest BCUT2D eigenvalue weighted by Gasteiger charge is 2.50. The van der Waals surface area contributed by atoms with Gasteiger partial charge in [-0.1, -0.05) is 24.4 Å². The lowest BCUT2D eigenvalue weighted by molar-refractivity contribution is -0.127. The fourth-order valence-electron chi connectivity index (χ4n) is 4.44. The number of fused-ring (bicyclic) bond motifs is 1. The Labute approximate surface area is 185 Å². The van der Waals surface area contributed by atoms with Gasteiger partial charge in [-0.15, -0.1) is 0 Å². The van der Waals surface area contributed by atoms with E-state index in [2.05, 4.69) is 10.4 Å². The van der Waals surface area contributed by atoms with E-state index in [0.717, 1.165) is 31.2 Å². The molecule has 2 amide bonds. The Morgan fingerprint density at radius 1 is 1.26 bits per heavy atom. The number of nitrogens with zero attached hydrogens (tertiary/aromatic N) is 3. The molecule has 1 aliphatic carbocycles. The van der Waals surface area contributed by atoms with Crippen LogP contribution in [0.2, 0.25) is 5.02 Å². The van der Waals surface area contributed by atoms with Gasteiger partial charge in [0.05, 0.1) is 13.7 Å². The first-order valence-electron chi connectivity index (χ1n) is 10.3. The van der Waals surface area contributed by atoms with Gasteiger partial charge in [0.1, 0.15) is 11.2 Å². The van der Waals surface area contributed by atoms with Crippen molar-refractivity contribution in [2.45, 2.75) is 57.7 Å². The molecule has 0 spiro atoms. The number of esters is 1. The van der Waals surface area contributed by atoms with Crippen LogP contribution in [-0.2, 0) is 16.1 Å². The molecule has 31 heavy (non-hydrogen) atoms. The lowest BCUT2D eigenvalue weighted by atomic mass is 9.92. The van der Waals surface area contributed by atoms with Gasteiger partial charge >= 0.3 is 5.97 Å². The number of halogens is 1. The summed E-state index contributed by atoms with van der Waals surface area (Å²) in [6.07, 6.45) is 4.00. The van der Waals surface area contributed by atoms with E-state index in [4.69, 9.17) is 16.3 Å². The molecule has 1 saturated carbocycles. The molecular weight excluding hydrogens is 420 g/mol. The summed E-state index contributed by atoms with van der Waals surface area (Å²) >= 11 is 6.13. The van der Waals surface area contributed by atoms with Crippen molar-refractivity contribution in [1.29, 1.82) is 0 Å². The van der Waals surface area contributed by atoms with Crippen LogP contribution in [0.5, 0.6) is 0 Å². The van der Waals surface area contributed by atoms with Crippen LogP contribution >= 0.6 is 11.6 Å². The van der Waals surface area contributed by atoms with Crippen molar-refractivity contribution in [2.75, 3.05) is 12.0 Å². The number of nitrogens with one attached hydrogen (secondary N) is 1. The lowest BCUT2D eigenvalue weighted by Gasteiger charge is -2.44. The quantitative estimate of drug-likeness (QED) is 0.731. The minimum Gasteiger partial charge on any atom is -0.464 e. The molecule has 1 atom stereocenters. The van der Waals surface area contributed by atoms with Gasteiger partial charge < -0.3 is 10.1 Å². The predicted molar refractivity (Wildman–Crippen MR) is 115 cm³/mol. The molecule has 1 aromatic heterocycles. The summed E-state index contributed by atoms with van der Waals surface area (Å²) in [5, 5.41) is 7.90. The van der Waals surface area contributed by atoms with E-state index in [-0.39, 0.29) is 29.9 Å². The van der Waals surface area contributed by atoms with Crippen molar-refractivity contribution in [1.82, 2.24) is 15.1 Å². The van der Waals surface area contributed by atoms with Crippen molar-refractivity contribution in [3.05, 3.63) is 46.2 Å². The van der Waals surface area contributed by atoms with Crippen LogP contribution in [0, 0.1) is 6.92 Å². The number of benzene rings is 1. The predicted octanol–water partition coefficient (Wildman–Crippen LogP) is 3.11. The topological polar surface area (TPSA) is 93.5 Å². The minimum absolute atomic E-state index is 0.0269. The standard InChI is InChI=1S/C22H25ClN4O4/c1-13-10-14(23)8-9-17(13)27-19(28)18-11-16(20(29)31-3)25-26(18)12-22(27,2)21(30)24-15-6-4-5-7-15/h8-11,15H,4-7,12H2,1-3H3,(H,24,30)/t22-/m1/s1. The van der Waals surface area contributed by atoms with Crippen LogP contribution in [0.4, 0.5) is 5.69 Å². The molecule has 2 aromatic rings. The Morgan fingerprint density at radius 2 is 1.97 bits per heavy atom. The molecule has 1 fully saturated rings. The first-order chi connectivity index (χ1) is 14.7. The Balaban J connectivity index is 1.81. The van der Waals surface area contributed by atoms with E-state index in [1.165, 1.54) is 22.8 Å². The Kier molecular flexibility index (Phi) is 5.51. The second-order valence-electron chi connectivity index (χ2n) is 8.36. The maximum absolute atomic E-state index is 13.6. The number of aromatic nitrogens is 2. The summed E-state index contributed by atoms with van der Waals surface area (Å²) in [5.41, 5.74) is 0.359. The number of anilines is 1. The summed E-state index contributed by atoms with van der Waals surface area (Å²) in [7, 11) is 1.25. The molecule has 1 aromatic carbocycles. The molecule has 1 aliphatic heterocycles. The third kappa shape index (κ3) is 3.69. The number of methoxy groups -OCH3 is 1. The van der Waals surface area contributed by atoms with Crippen LogP contribution in [0.3, 0.4) is 0 Å². The molecule has 2 heterocycles. The zero-order valence-electron chi connectivity index (χ0n) is 17.8. The fraction of sp³-hybridized carbons (Fsp3) is 0.455. The smallest absolute Gasteiger partial charge is 0.358 e. The second-order valence-corrected chi connectivity index (χ2v) is 8.80. The van der Waals surface area contributed by atoms with Gasteiger partial charge in [0, 0.05) is 22.8 Å². The number of aryl methyl sites for hydroxylation is 1. The van der Waals surface area contributed by atoms with Gasteiger partial charge in [-0.25, -0.2) is 4.79 Å². The lowest BCUT2D eigenvalue weighted by Crippen LogP contribution is -2.65. The van der Waals surface area contributed by atoms with Crippen molar-refractivity contribution < 1.29 is 19.1 Å².